The molecule has 94 valence electrons. The molecule has 16 heavy (non-hydrogen) atoms. The van der Waals surface area contributed by atoms with Gasteiger partial charge in [0.25, 0.3) is 0 Å². The van der Waals surface area contributed by atoms with E-state index >= 15 is 0 Å². The van der Waals surface area contributed by atoms with Crippen molar-refractivity contribution in [1.82, 2.24) is 0 Å². The van der Waals surface area contributed by atoms with Crippen molar-refractivity contribution in [3.63, 3.8) is 0 Å². The molecular weight excluding hydrogens is 220 g/mol. The summed E-state index contributed by atoms with van der Waals surface area (Å²) in [5.74, 6) is -0.120. The van der Waals surface area contributed by atoms with Gasteiger partial charge in [-0.25, -0.2) is 4.79 Å². The molecule has 0 atom stereocenters. The van der Waals surface area contributed by atoms with Crippen molar-refractivity contribution in [2.75, 3.05) is 0 Å². The Morgan fingerprint density at radius 3 is 2.31 bits per heavy atom. The molecule has 0 amide bonds. The summed E-state index contributed by atoms with van der Waals surface area (Å²) in [6.45, 7) is 4.51. The van der Waals surface area contributed by atoms with Crippen molar-refractivity contribution in [3.05, 3.63) is 11.0 Å². The normalized spacial score (nSPS) is 12.1. The lowest BCUT2D eigenvalue weighted by Gasteiger charge is -2.03. The minimum atomic E-state index is -0.930. The number of thiol groups is 1. The summed E-state index contributed by atoms with van der Waals surface area (Å²) in [6, 6.07) is 0. The van der Waals surface area contributed by atoms with Crippen LogP contribution in [0, 0.1) is 5.92 Å². The van der Waals surface area contributed by atoms with E-state index < -0.39 is 5.97 Å². The zero-order valence-corrected chi connectivity index (χ0v) is 11.3. The molecule has 0 radical (unpaired) electrons. The summed E-state index contributed by atoms with van der Waals surface area (Å²) in [6.07, 6.45) is 9.98. The maximum absolute atomic E-state index is 10.4. The highest BCUT2D eigenvalue weighted by molar-refractivity contribution is 7.85. The Balaban J connectivity index is 3.28. The Hall–Kier alpha value is -0.440. The van der Waals surface area contributed by atoms with Crippen molar-refractivity contribution in [2.45, 2.75) is 58.8 Å². The highest BCUT2D eigenvalue weighted by atomic mass is 32.1. The van der Waals surface area contributed by atoms with Gasteiger partial charge in [-0.15, -0.1) is 12.6 Å². The number of aliphatic carboxylic acids is 1. The molecule has 1 N–H and O–H groups in total. The number of allylic oxidation sites excluding steroid dienone is 1. The molecule has 0 heterocycles. The fraction of sp³-hybridized carbons (Fsp3) is 0.769. The lowest BCUT2D eigenvalue weighted by molar-refractivity contribution is -0.131. The van der Waals surface area contributed by atoms with E-state index in [4.69, 9.17) is 5.11 Å². The third kappa shape index (κ3) is 10.1. The lowest BCUT2D eigenvalue weighted by atomic mass is 10.0. The Labute approximate surface area is 105 Å². The summed E-state index contributed by atoms with van der Waals surface area (Å²) in [5, 5.41) is 8.56. The molecule has 0 fully saturated rings. The van der Waals surface area contributed by atoms with Gasteiger partial charge >= 0.3 is 5.97 Å². The average Bonchev–Trinajstić information content (AvgIpc) is 2.21. The molecule has 0 bridgehead atoms. The van der Waals surface area contributed by atoms with Gasteiger partial charge in [-0.05, 0) is 18.8 Å². The molecule has 3 heteroatoms. The maximum Gasteiger partial charge on any atom is 0.341 e. The number of unbranched alkanes of at least 4 members (excludes halogenated alkanes) is 5. The van der Waals surface area contributed by atoms with E-state index in [0.29, 0.717) is 0 Å². The Bertz CT molecular complexity index is 222. The first-order chi connectivity index (χ1) is 7.54. The van der Waals surface area contributed by atoms with Crippen LogP contribution in [0.15, 0.2) is 11.0 Å². The monoisotopic (exact) mass is 244 g/mol. The van der Waals surface area contributed by atoms with E-state index in [1.807, 2.05) is 0 Å². The van der Waals surface area contributed by atoms with Crippen LogP contribution in [0.4, 0.5) is 0 Å². The van der Waals surface area contributed by atoms with Gasteiger partial charge in [-0.3, -0.25) is 0 Å². The van der Waals surface area contributed by atoms with E-state index in [0.717, 1.165) is 18.8 Å². The predicted molar refractivity (Wildman–Crippen MR) is 71.9 cm³/mol. The van der Waals surface area contributed by atoms with Crippen molar-refractivity contribution < 1.29 is 9.90 Å². The van der Waals surface area contributed by atoms with Gasteiger partial charge in [0.1, 0.15) is 0 Å². The van der Waals surface area contributed by atoms with Crippen LogP contribution in [0.5, 0.6) is 0 Å². The first-order valence-corrected chi connectivity index (χ1v) is 6.61. The average molecular weight is 244 g/mol. The minimum absolute atomic E-state index is 0.166. The molecule has 2 nitrogen and oxygen atoms in total. The second-order valence-electron chi connectivity index (χ2n) is 4.63. The van der Waals surface area contributed by atoms with Crippen LogP contribution < -0.4 is 0 Å². The van der Waals surface area contributed by atoms with Crippen molar-refractivity contribution in [1.29, 1.82) is 0 Å². The van der Waals surface area contributed by atoms with Gasteiger partial charge in [-0.1, -0.05) is 52.0 Å². The summed E-state index contributed by atoms with van der Waals surface area (Å²) in [7, 11) is 0. The fourth-order valence-electron chi connectivity index (χ4n) is 1.55. The summed E-state index contributed by atoms with van der Waals surface area (Å²) >= 11 is 3.87. The molecule has 0 spiro atoms. The smallest absolute Gasteiger partial charge is 0.341 e. The van der Waals surface area contributed by atoms with E-state index in [-0.39, 0.29) is 4.91 Å². The summed E-state index contributed by atoms with van der Waals surface area (Å²) in [5.41, 5.74) is 0. The highest BCUT2D eigenvalue weighted by Crippen LogP contribution is 2.12. The number of hydrogen-bond donors (Lipinski definition) is 2. The van der Waals surface area contributed by atoms with Crippen LogP contribution in [0.25, 0.3) is 0 Å². The second kappa shape index (κ2) is 9.76. The van der Waals surface area contributed by atoms with E-state index in [1.165, 1.54) is 32.1 Å². The van der Waals surface area contributed by atoms with Gasteiger partial charge in [0.2, 0.25) is 0 Å². The number of carboxylic acids is 1. The molecular formula is C13H24O2S. The fourth-order valence-corrected chi connectivity index (χ4v) is 1.68. The zero-order valence-electron chi connectivity index (χ0n) is 10.4. The van der Waals surface area contributed by atoms with E-state index in [1.54, 1.807) is 6.08 Å². The molecule has 0 unspecified atom stereocenters. The van der Waals surface area contributed by atoms with Gasteiger partial charge < -0.3 is 5.11 Å². The molecule has 0 aromatic rings. The SMILES string of the molecule is CC(C)CCCCCCCC=C(S)C(=O)O. The molecule has 0 aliphatic heterocycles. The highest BCUT2D eigenvalue weighted by Gasteiger charge is 1.99. The molecule has 0 aromatic carbocycles. The number of rotatable bonds is 9. The minimum Gasteiger partial charge on any atom is -0.477 e. The molecule has 0 rings (SSSR count). The topological polar surface area (TPSA) is 37.3 Å². The lowest BCUT2D eigenvalue weighted by Crippen LogP contribution is -1.93. The van der Waals surface area contributed by atoms with E-state index in [9.17, 15) is 4.79 Å². The van der Waals surface area contributed by atoms with Crippen LogP contribution >= 0.6 is 12.6 Å². The largest absolute Gasteiger partial charge is 0.477 e. The zero-order chi connectivity index (χ0) is 12.4. The van der Waals surface area contributed by atoms with Crippen LogP contribution in [0.2, 0.25) is 0 Å². The van der Waals surface area contributed by atoms with Crippen LogP contribution in [0.1, 0.15) is 58.8 Å². The van der Waals surface area contributed by atoms with Crippen LogP contribution in [0.3, 0.4) is 0 Å². The molecule has 0 saturated carbocycles. The van der Waals surface area contributed by atoms with Gasteiger partial charge in [-0.2, -0.15) is 0 Å². The van der Waals surface area contributed by atoms with Crippen LogP contribution in [-0.4, -0.2) is 11.1 Å². The quantitative estimate of drug-likeness (QED) is 0.361. The van der Waals surface area contributed by atoms with Gasteiger partial charge in [0, 0.05) is 0 Å². The molecule has 0 saturated heterocycles. The first-order valence-electron chi connectivity index (χ1n) is 6.16. The second-order valence-corrected chi connectivity index (χ2v) is 5.12. The molecule has 0 aliphatic carbocycles. The Morgan fingerprint density at radius 1 is 1.19 bits per heavy atom. The number of hydrogen-bond acceptors (Lipinski definition) is 2. The summed E-state index contributed by atoms with van der Waals surface area (Å²) in [4.78, 5) is 10.6. The van der Waals surface area contributed by atoms with Crippen molar-refractivity contribution in [3.8, 4) is 0 Å². The Kier molecular flexibility index (Phi) is 9.49. The van der Waals surface area contributed by atoms with Crippen molar-refractivity contribution >= 4 is 18.6 Å². The standard InChI is InChI=1S/C13H24O2S/c1-11(2)9-7-5-3-4-6-8-10-12(16)13(14)15/h10-11,16H,3-9H2,1-2H3,(H,14,15). The molecule has 0 aliphatic rings. The van der Waals surface area contributed by atoms with Gasteiger partial charge in [0.15, 0.2) is 0 Å². The third-order valence-electron chi connectivity index (χ3n) is 2.54. The predicted octanol–water partition coefficient (Wildman–Crippen LogP) is 4.27. The van der Waals surface area contributed by atoms with Crippen molar-refractivity contribution in [2.24, 2.45) is 5.92 Å². The summed E-state index contributed by atoms with van der Waals surface area (Å²) < 4.78 is 0. The number of carboxylic acid groups (broad SMARTS) is 1. The maximum atomic E-state index is 10.4. The van der Waals surface area contributed by atoms with Gasteiger partial charge in [0.05, 0.1) is 4.91 Å². The van der Waals surface area contributed by atoms with E-state index in [2.05, 4.69) is 26.5 Å². The first kappa shape index (κ1) is 15.6. The van der Waals surface area contributed by atoms with Crippen LogP contribution in [-0.2, 0) is 4.79 Å². The third-order valence-corrected chi connectivity index (χ3v) is 2.92. The number of carbonyl (C=O) groups is 1. The Morgan fingerprint density at radius 2 is 1.75 bits per heavy atom. The molecule has 0 aromatic heterocycles.